The van der Waals surface area contributed by atoms with Gasteiger partial charge >= 0.3 is 7.48 Å². The first-order chi connectivity index (χ1) is 15.3. The van der Waals surface area contributed by atoms with Gasteiger partial charge in [-0.15, -0.1) is 0 Å². The molecule has 0 atom stereocenters. The van der Waals surface area contributed by atoms with Gasteiger partial charge in [0.1, 0.15) is 11.2 Å². The van der Waals surface area contributed by atoms with Gasteiger partial charge in [-0.25, -0.2) is 0 Å². The average Bonchev–Trinajstić information content (AvgIpc) is 3.30. The lowest BCUT2D eigenvalue weighted by atomic mass is 9.80. The quantitative estimate of drug-likeness (QED) is 0.360. The van der Waals surface area contributed by atoms with Crippen LogP contribution in [0.4, 0.5) is 0 Å². The number of aliphatic hydroxyl groups is 1. The zero-order valence-electron chi connectivity index (χ0n) is 18.8. The Kier molecular flexibility index (Phi) is 3.96. The molecular weight excluding hydrogens is 395 g/mol. The lowest BCUT2D eigenvalue weighted by Crippen LogP contribution is -2.49. The van der Waals surface area contributed by atoms with Crippen LogP contribution in [0, 0.1) is 0 Å². The number of hydrogen-bond donors (Lipinski definition) is 1. The second-order valence-electron chi connectivity index (χ2n) is 9.82. The topological polar surface area (TPSA) is 42.6 Å². The monoisotopic (exact) mass is 420 g/mol. The highest BCUT2D eigenvalue weighted by Gasteiger charge is 2.36. The molecule has 0 saturated carbocycles. The Bertz CT molecular complexity index is 1540. The summed E-state index contributed by atoms with van der Waals surface area (Å²) in [5.74, 6) is 0. The van der Waals surface area contributed by atoms with Crippen molar-refractivity contribution in [2.24, 2.45) is 0 Å². The molecule has 0 radical (unpaired) electrons. The maximum Gasteiger partial charge on any atom is 0.310 e. The van der Waals surface area contributed by atoms with Crippen molar-refractivity contribution in [3.63, 3.8) is 0 Å². The van der Waals surface area contributed by atoms with Gasteiger partial charge in [-0.05, 0) is 67.5 Å². The minimum absolute atomic E-state index is 0.396. The van der Waals surface area contributed by atoms with Crippen LogP contribution in [-0.4, -0.2) is 23.8 Å². The second kappa shape index (κ2) is 6.47. The molecule has 0 unspecified atom stereocenters. The molecule has 0 amide bonds. The summed E-state index contributed by atoms with van der Waals surface area (Å²) in [5.41, 5.74) is 6.27. The Morgan fingerprint density at radius 3 is 2.19 bits per heavy atom. The van der Waals surface area contributed by atoms with Crippen LogP contribution in [0.25, 0.3) is 55.0 Å². The molecule has 32 heavy (non-hydrogen) atoms. The van der Waals surface area contributed by atoms with E-state index in [2.05, 4.69) is 54.6 Å². The van der Waals surface area contributed by atoms with Crippen molar-refractivity contribution in [1.82, 2.24) is 0 Å². The molecular formula is C28H25BO3. The van der Waals surface area contributed by atoms with Crippen molar-refractivity contribution in [2.45, 2.75) is 38.9 Å². The maximum atomic E-state index is 10.5. The first kappa shape index (κ1) is 19.6. The molecule has 158 valence electrons. The van der Waals surface area contributed by atoms with Gasteiger partial charge in [0.15, 0.2) is 0 Å². The largest absolute Gasteiger partial charge is 0.455 e. The zero-order valence-corrected chi connectivity index (χ0v) is 18.8. The van der Waals surface area contributed by atoms with E-state index in [1.807, 2.05) is 26.0 Å². The van der Waals surface area contributed by atoms with Crippen LogP contribution in [0.2, 0.25) is 0 Å². The molecule has 1 N–H and O–H groups in total. The molecule has 0 saturated heterocycles. The summed E-state index contributed by atoms with van der Waals surface area (Å²) in [6, 6.07) is 23.5. The van der Waals surface area contributed by atoms with E-state index < -0.39 is 11.2 Å². The third kappa shape index (κ3) is 2.63. The predicted molar refractivity (Wildman–Crippen MR) is 134 cm³/mol. The van der Waals surface area contributed by atoms with E-state index in [1.54, 1.807) is 13.8 Å². The van der Waals surface area contributed by atoms with Gasteiger partial charge in [0.2, 0.25) is 0 Å². The number of fused-ring (bicyclic) bond motifs is 7. The minimum atomic E-state index is -0.957. The Morgan fingerprint density at radius 2 is 1.44 bits per heavy atom. The molecule has 4 aromatic carbocycles. The molecule has 0 fully saturated rings. The third-order valence-electron chi connectivity index (χ3n) is 7.27. The molecule has 0 spiro atoms. The van der Waals surface area contributed by atoms with E-state index in [0.29, 0.717) is 7.48 Å². The lowest BCUT2D eigenvalue weighted by Gasteiger charge is -2.37. The SMILES string of the molecule is CC(C)(O)C(C)(C)OBc1cccc2oc3c4cccc5c4c(cc3c12)-c1ccccc1-5. The van der Waals surface area contributed by atoms with E-state index in [0.717, 1.165) is 32.8 Å². The summed E-state index contributed by atoms with van der Waals surface area (Å²) in [5, 5.41) is 15.1. The predicted octanol–water partition coefficient (Wildman–Crippen LogP) is 5.93. The molecule has 0 bridgehead atoms. The van der Waals surface area contributed by atoms with Crippen molar-refractivity contribution in [1.29, 1.82) is 0 Å². The summed E-state index contributed by atoms with van der Waals surface area (Å²) in [7, 11) is 0.396. The van der Waals surface area contributed by atoms with Gasteiger partial charge in [0.25, 0.3) is 0 Å². The molecule has 1 aromatic heterocycles. The summed E-state index contributed by atoms with van der Waals surface area (Å²) < 4.78 is 12.7. The number of hydrogen-bond acceptors (Lipinski definition) is 3. The van der Waals surface area contributed by atoms with Crippen LogP contribution in [0.5, 0.6) is 0 Å². The van der Waals surface area contributed by atoms with Crippen LogP contribution in [0.1, 0.15) is 27.7 Å². The van der Waals surface area contributed by atoms with Gasteiger partial charge in [0, 0.05) is 21.5 Å². The van der Waals surface area contributed by atoms with Crippen LogP contribution in [-0.2, 0) is 4.65 Å². The number of furan rings is 1. The van der Waals surface area contributed by atoms with Crippen molar-refractivity contribution < 1.29 is 14.2 Å². The van der Waals surface area contributed by atoms with Gasteiger partial charge in [-0.1, -0.05) is 54.6 Å². The molecule has 3 nitrogen and oxygen atoms in total. The average molecular weight is 420 g/mol. The fraction of sp³-hybridized carbons (Fsp3) is 0.214. The van der Waals surface area contributed by atoms with Crippen molar-refractivity contribution >= 4 is 45.7 Å². The van der Waals surface area contributed by atoms with E-state index >= 15 is 0 Å². The van der Waals surface area contributed by atoms with Crippen molar-refractivity contribution in [2.75, 3.05) is 0 Å². The first-order valence-corrected chi connectivity index (χ1v) is 11.1. The molecule has 1 aliphatic rings. The normalized spacial score (nSPS) is 13.3. The Hall–Kier alpha value is -3.08. The third-order valence-corrected chi connectivity index (χ3v) is 7.27. The fourth-order valence-corrected chi connectivity index (χ4v) is 4.78. The maximum absolute atomic E-state index is 10.5. The van der Waals surface area contributed by atoms with Crippen molar-refractivity contribution in [3.05, 3.63) is 66.7 Å². The van der Waals surface area contributed by atoms with E-state index in [4.69, 9.17) is 9.07 Å². The first-order valence-electron chi connectivity index (χ1n) is 11.1. The van der Waals surface area contributed by atoms with Crippen LogP contribution in [0.3, 0.4) is 0 Å². The van der Waals surface area contributed by atoms with Crippen LogP contribution in [0.15, 0.2) is 71.1 Å². The highest BCUT2D eigenvalue weighted by molar-refractivity contribution is 6.53. The molecule has 4 heteroatoms. The van der Waals surface area contributed by atoms with Crippen molar-refractivity contribution in [3.8, 4) is 22.3 Å². The number of benzene rings is 4. The van der Waals surface area contributed by atoms with Gasteiger partial charge < -0.3 is 14.2 Å². The zero-order chi connectivity index (χ0) is 22.3. The second-order valence-corrected chi connectivity index (χ2v) is 9.82. The molecule has 6 rings (SSSR count). The molecule has 5 aromatic rings. The van der Waals surface area contributed by atoms with E-state index in [1.165, 1.54) is 27.6 Å². The lowest BCUT2D eigenvalue weighted by molar-refractivity contribution is -0.0893. The van der Waals surface area contributed by atoms with E-state index in [-0.39, 0.29) is 0 Å². The Morgan fingerprint density at radius 1 is 0.750 bits per heavy atom. The Balaban J connectivity index is 1.60. The summed E-state index contributed by atoms with van der Waals surface area (Å²) in [6.45, 7) is 7.41. The standard InChI is InChI=1S/C28H25BO3/c1-27(2,30)28(3,4)32-29-22-13-8-14-23-25(22)21-15-20-17-10-6-5-9-16(17)18-11-7-12-19(24(18)20)26(21)31-23/h5-15,29-30H,1-4H3. The number of rotatable bonds is 4. The van der Waals surface area contributed by atoms with Crippen LogP contribution >= 0.6 is 0 Å². The molecule has 1 aliphatic carbocycles. The minimum Gasteiger partial charge on any atom is -0.455 e. The highest BCUT2D eigenvalue weighted by atomic mass is 16.5. The summed E-state index contributed by atoms with van der Waals surface area (Å²) in [4.78, 5) is 0. The van der Waals surface area contributed by atoms with Gasteiger partial charge in [0.05, 0.1) is 11.2 Å². The smallest absolute Gasteiger partial charge is 0.310 e. The highest BCUT2D eigenvalue weighted by Crippen LogP contribution is 2.50. The van der Waals surface area contributed by atoms with Gasteiger partial charge in [-0.2, -0.15) is 0 Å². The van der Waals surface area contributed by atoms with Gasteiger partial charge in [-0.3, -0.25) is 0 Å². The Labute approximate surface area is 187 Å². The van der Waals surface area contributed by atoms with E-state index in [9.17, 15) is 5.11 Å². The summed E-state index contributed by atoms with van der Waals surface area (Å²) in [6.07, 6.45) is 0. The van der Waals surface area contributed by atoms with Crippen LogP contribution < -0.4 is 5.46 Å². The fourth-order valence-electron chi connectivity index (χ4n) is 4.78. The summed E-state index contributed by atoms with van der Waals surface area (Å²) >= 11 is 0. The molecule has 0 aliphatic heterocycles. The molecule has 1 heterocycles.